The summed E-state index contributed by atoms with van der Waals surface area (Å²) in [5.74, 6) is 2.54. The van der Waals surface area contributed by atoms with E-state index in [-0.39, 0.29) is 24.0 Å². The Balaban J connectivity index is 0.00000512. The first-order valence-electron chi connectivity index (χ1n) is 10.7. The van der Waals surface area contributed by atoms with Crippen molar-refractivity contribution in [1.29, 1.82) is 0 Å². The molecule has 2 N–H and O–H groups in total. The van der Waals surface area contributed by atoms with Crippen molar-refractivity contribution in [3.8, 4) is 11.5 Å². The van der Waals surface area contributed by atoms with Crippen LogP contribution in [0.3, 0.4) is 0 Å². The van der Waals surface area contributed by atoms with Gasteiger partial charge in [0.05, 0.1) is 13.2 Å². The molecule has 0 bridgehead atoms. The average Bonchev–Trinajstić information content (AvgIpc) is 2.80. The van der Waals surface area contributed by atoms with E-state index in [2.05, 4.69) is 39.7 Å². The first-order chi connectivity index (χ1) is 15.2. The Bertz CT molecular complexity index is 762. The first kappa shape index (κ1) is 28.0. The topological polar surface area (TPSA) is 67.4 Å². The van der Waals surface area contributed by atoms with Gasteiger partial charge in [0.15, 0.2) is 5.96 Å². The van der Waals surface area contributed by atoms with Crippen LogP contribution in [0.25, 0.3) is 0 Å². The Morgan fingerprint density at radius 2 is 1.62 bits per heavy atom. The maximum atomic E-state index is 5.89. The molecule has 0 fully saturated rings. The third kappa shape index (κ3) is 12.1. The van der Waals surface area contributed by atoms with Gasteiger partial charge in [0.2, 0.25) is 0 Å². The van der Waals surface area contributed by atoms with E-state index in [1.54, 1.807) is 14.2 Å². The quantitative estimate of drug-likeness (QED) is 0.161. The highest BCUT2D eigenvalue weighted by atomic mass is 127. The molecule has 0 saturated heterocycles. The highest BCUT2D eigenvalue weighted by molar-refractivity contribution is 14.0. The lowest BCUT2D eigenvalue weighted by atomic mass is 10.2. The number of aliphatic imine (C=N–C) groups is 1. The molecule has 0 amide bonds. The summed E-state index contributed by atoms with van der Waals surface area (Å²) in [6.45, 7) is 5.24. The Morgan fingerprint density at radius 3 is 2.38 bits per heavy atom. The van der Waals surface area contributed by atoms with Crippen molar-refractivity contribution in [3.63, 3.8) is 0 Å². The molecule has 2 rings (SSSR count). The molecular weight excluding hydrogens is 519 g/mol. The van der Waals surface area contributed by atoms with E-state index >= 15 is 0 Å². The van der Waals surface area contributed by atoms with Crippen molar-refractivity contribution in [2.45, 2.75) is 13.0 Å². The van der Waals surface area contributed by atoms with Crippen LogP contribution in [-0.4, -0.2) is 71.5 Å². The molecule has 0 aliphatic rings. The van der Waals surface area contributed by atoms with E-state index in [1.807, 2.05) is 42.5 Å². The summed E-state index contributed by atoms with van der Waals surface area (Å²) in [5.41, 5.74) is 1.14. The fourth-order valence-electron chi connectivity index (χ4n) is 2.82. The number of rotatable bonds is 14. The summed E-state index contributed by atoms with van der Waals surface area (Å²) >= 11 is 0. The van der Waals surface area contributed by atoms with Gasteiger partial charge in [-0.2, -0.15) is 0 Å². The molecule has 0 saturated carbocycles. The lowest BCUT2D eigenvalue weighted by Gasteiger charge is -2.16. The van der Waals surface area contributed by atoms with Crippen molar-refractivity contribution in [2.75, 3.05) is 60.7 Å². The van der Waals surface area contributed by atoms with Gasteiger partial charge in [-0.3, -0.25) is 4.99 Å². The lowest BCUT2D eigenvalue weighted by molar-refractivity contribution is 0.150. The number of para-hydroxylation sites is 1. The maximum absolute atomic E-state index is 5.89. The number of halogens is 1. The second-order valence-electron chi connectivity index (χ2n) is 7.16. The highest BCUT2D eigenvalue weighted by Crippen LogP contribution is 2.13. The highest BCUT2D eigenvalue weighted by Gasteiger charge is 2.02. The fourth-order valence-corrected chi connectivity index (χ4v) is 2.82. The van der Waals surface area contributed by atoms with Gasteiger partial charge in [-0.1, -0.05) is 30.3 Å². The van der Waals surface area contributed by atoms with Crippen LogP contribution in [0.1, 0.15) is 12.0 Å². The number of nitrogens with one attached hydrogen (secondary N) is 2. The van der Waals surface area contributed by atoms with Gasteiger partial charge >= 0.3 is 0 Å². The Morgan fingerprint density at radius 1 is 0.906 bits per heavy atom. The Kier molecular flexibility index (Phi) is 15.3. The van der Waals surface area contributed by atoms with Gasteiger partial charge in [-0.15, -0.1) is 24.0 Å². The summed E-state index contributed by atoms with van der Waals surface area (Å²) in [4.78, 5) is 6.47. The van der Waals surface area contributed by atoms with Crippen LogP contribution in [0.5, 0.6) is 11.5 Å². The molecule has 0 radical (unpaired) electrons. The van der Waals surface area contributed by atoms with E-state index in [4.69, 9.17) is 14.2 Å². The van der Waals surface area contributed by atoms with Gasteiger partial charge in [0, 0.05) is 40.3 Å². The molecule has 2 aromatic carbocycles. The Labute approximate surface area is 209 Å². The zero-order valence-electron chi connectivity index (χ0n) is 19.4. The van der Waals surface area contributed by atoms with E-state index in [0.29, 0.717) is 19.8 Å². The third-order valence-corrected chi connectivity index (χ3v) is 4.63. The summed E-state index contributed by atoms with van der Waals surface area (Å²) in [6, 6.07) is 18.0. The van der Waals surface area contributed by atoms with Crippen LogP contribution in [0, 0.1) is 0 Å². The number of ether oxygens (including phenoxy) is 3. The molecule has 32 heavy (non-hydrogen) atoms. The molecule has 0 aliphatic carbocycles. The van der Waals surface area contributed by atoms with Crippen molar-refractivity contribution in [2.24, 2.45) is 4.99 Å². The number of hydrogen-bond acceptors (Lipinski definition) is 5. The molecule has 178 valence electrons. The van der Waals surface area contributed by atoms with Crippen LogP contribution in [0.4, 0.5) is 0 Å². The van der Waals surface area contributed by atoms with Crippen molar-refractivity contribution < 1.29 is 14.2 Å². The molecular formula is C24H37IN4O3. The predicted molar refractivity (Wildman–Crippen MR) is 141 cm³/mol. The Hall–Kier alpha value is -2.04. The van der Waals surface area contributed by atoms with Gasteiger partial charge in [-0.25, -0.2) is 0 Å². The lowest BCUT2D eigenvalue weighted by Crippen LogP contribution is -2.37. The SMILES string of the molecule is CN=C(NCCCOc1ccccc1)NCc1cccc(OCCN(C)CCOC)c1.I. The molecule has 0 unspecified atom stereocenters. The standard InChI is InChI=1S/C24H36N4O3.HI/c1-25-24(26-13-8-16-30-22-10-5-4-6-11-22)27-20-21-9-7-12-23(19-21)31-18-15-28(2)14-17-29-3;/h4-7,9-12,19H,8,13-18,20H2,1-3H3,(H2,25,26,27);1H. The number of benzene rings is 2. The fraction of sp³-hybridized carbons (Fsp3) is 0.458. The minimum Gasteiger partial charge on any atom is -0.494 e. The van der Waals surface area contributed by atoms with E-state index < -0.39 is 0 Å². The summed E-state index contributed by atoms with van der Waals surface area (Å²) in [7, 11) is 5.55. The van der Waals surface area contributed by atoms with E-state index in [1.165, 1.54) is 0 Å². The van der Waals surface area contributed by atoms with Gasteiger partial charge in [-0.05, 0) is 43.3 Å². The van der Waals surface area contributed by atoms with Crippen LogP contribution in [0.15, 0.2) is 59.6 Å². The minimum atomic E-state index is 0. The second kappa shape index (κ2) is 17.5. The van der Waals surface area contributed by atoms with Gasteiger partial charge in [0.25, 0.3) is 0 Å². The third-order valence-electron chi connectivity index (χ3n) is 4.63. The normalized spacial score (nSPS) is 11.1. The number of methoxy groups -OCH3 is 1. The summed E-state index contributed by atoms with van der Waals surface area (Å²) in [6.07, 6.45) is 0.887. The monoisotopic (exact) mass is 556 g/mol. The number of likely N-dealkylation sites (N-methyl/N-ethyl adjacent to an activating group) is 1. The smallest absolute Gasteiger partial charge is 0.191 e. The zero-order valence-corrected chi connectivity index (χ0v) is 21.7. The molecule has 0 spiro atoms. The largest absolute Gasteiger partial charge is 0.494 e. The average molecular weight is 556 g/mol. The summed E-state index contributed by atoms with van der Waals surface area (Å²) in [5, 5.41) is 6.66. The van der Waals surface area contributed by atoms with Crippen molar-refractivity contribution in [3.05, 3.63) is 60.2 Å². The zero-order chi connectivity index (χ0) is 22.2. The van der Waals surface area contributed by atoms with Crippen LogP contribution in [0.2, 0.25) is 0 Å². The minimum absolute atomic E-state index is 0. The summed E-state index contributed by atoms with van der Waals surface area (Å²) < 4.78 is 16.7. The molecule has 7 nitrogen and oxygen atoms in total. The van der Waals surface area contributed by atoms with Crippen LogP contribution in [-0.2, 0) is 11.3 Å². The number of hydrogen-bond donors (Lipinski definition) is 2. The van der Waals surface area contributed by atoms with E-state index in [9.17, 15) is 0 Å². The number of nitrogens with zero attached hydrogens (tertiary/aromatic N) is 2. The predicted octanol–water partition coefficient (Wildman–Crippen LogP) is 3.40. The molecule has 0 heterocycles. The molecule has 0 aromatic heterocycles. The molecule has 2 aromatic rings. The molecule has 0 atom stereocenters. The van der Waals surface area contributed by atoms with Crippen molar-refractivity contribution >= 4 is 29.9 Å². The van der Waals surface area contributed by atoms with Crippen LogP contribution >= 0.6 is 24.0 Å². The second-order valence-corrected chi connectivity index (χ2v) is 7.16. The van der Waals surface area contributed by atoms with Crippen LogP contribution < -0.4 is 20.1 Å². The first-order valence-corrected chi connectivity index (χ1v) is 10.7. The van der Waals surface area contributed by atoms with Gasteiger partial charge < -0.3 is 29.7 Å². The number of guanidine groups is 1. The van der Waals surface area contributed by atoms with Crippen molar-refractivity contribution in [1.82, 2.24) is 15.5 Å². The molecule has 0 aliphatic heterocycles. The van der Waals surface area contributed by atoms with Gasteiger partial charge in [0.1, 0.15) is 18.1 Å². The van der Waals surface area contributed by atoms with E-state index in [0.717, 1.165) is 55.7 Å². The molecule has 8 heteroatoms. The maximum Gasteiger partial charge on any atom is 0.191 e.